The van der Waals surface area contributed by atoms with E-state index in [-0.39, 0.29) is 36.2 Å². The standard InChI is InChI=1S/C14H18F2O2/c1-8-4-5-11(13(16)12(8)15)14(17)6-9(2)18-10(3)7-14/h4-5,9-10,17H,6-7H2,1-3H3. The van der Waals surface area contributed by atoms with Crippen molar-refractivity contribution in [1.82, 2.24) is 0 Å². The van der Waals surface area contributed by atoms with E-state index in [9.17, 15) is 13.9 Å². The first-order valence-corrected chi connectivity index (χ1v) is 6.16. The molecule has 100 valence electrons. The fraction of sp³-hybridized carbons (Fsp3) is 0.571. The third kappa shape index (κ3) is 2.27. The smallest absolute Gasteiger partial charge is 0.165 e. The molecule has 1 aromatic rings. The van der Waals surface area contributed by atoms with Gasteiger partial charge in [-0.1, -0.05) is 12.1 Å². The van der Waals surface area contributed by atoms with Crippen LogP contribution in [0.5, 0.6) is 0 Å². The average Bonchev–Trinajstić information content (AvgIpc) is 2.23. The second-order valence-corrected chi connectivity index (χ2v) is 5.26. The van der Waals surface area contributed by atoms with E-state index in [1.54, 1.807) is 0 Å². The number of hydrogen-bond acceptors (Lipinski definition) is 2. The van der Waals surface area contributed by atoms with Crippen molar-refractivity contribution in [3.05, 3.63) is 34.9 Å². The van der Waals surface area contributed by atoms with Gasteiger partial charge < -0.3 is 9.84 Å². The lowest BCUT2D eigenvalue weighted by Crippen LogP contribution is -2.42. The maximum Gasteiger partial charge on any atom is 0.165 e. The molecule has 2 rings (SSSR count). The minimum absolute atomic E-state index is 0.0348. The van der Waals surface area contributed by atoms with Gasteiger partial charge in [-0.3, -0.25) is 0 Å². The van der Waals surface area contributed by atoms with Gasteiger partial charge in [-0.2, -0.15) is 0 Å². The van der Waals surface area contributed by atoms with Gasteiger partial charge >= 0.3 is 0 Å². The maximum absolute atomic E-state index is 14.0. The van der Waals surface area contributed by atoms with E-state index in [4.69, 9.17) is 4.74 Å². The summed E-state index contributed by atoms with van der Waals surface area (Å²) in [5.74, 6) is -1.83. The molecule has 0 aromatic heterocycles. The van der Waals surface area contributed by atoms with Crippen molar-refractivity contribution in [2.24, 2.45) is 0 Å². The van der Waals surface area contributed by atoms with Crippen LogP contribution in [0.2, 0.25) is 0 Å². The van der Waals surface area contributed by atoms with Gasteiger partial charge in [-0.15, -0.1) is 0 Å². The molecule has 0 bridgehead atoms. The van der Waals surface area contributed by atoms with Crippen molar-refractivity contribution in [2.45, 2.75) is 51.4 Å². The van der Waals surface area contributed by atoms with Gasteiger partial charge in [0.05, 0.1) is 17.8 Å². The molecule has 1 aliphatic rings. The number of rotatable bonds is 1. The zero-order chi connectivity index (χ0) is 13.5. The summed E-state index contributed by atoms with van der Waals surface area (Å²) in [4.78, 5) is 0. The van der Waals surface area contributed by atoms with E-state index in [1.165, 1.54) is 19.1 Å². The molecule has 1 fully saturated rings. The molecule has 1 aromatic carbocycles. The van der Waals surface area contributed by atoms with E-state index in [0.29, 0.717) is 0 Å². The van der Waals surface area contributed by atoms with Crippen LogP contribution in [-0.4, -0.2) is 17.3 Å². The van der Waals surface area contributed by atoms with Gasteiger partial charge in [0.15, 0.2) is 11.6 Å². The molecule has 0 aliphatic carbocycles. The van der Waals surface area contributed by atoms with Crippen molar-refractivity contribution in [3.8, 4) is 0 Å². The molecule has 2 nitrogen and oxygen atoms in total. The molecule has 18 heavy (non-hydrogen) atoms. The lowest BCUT2D eigenvalue weighted by molar-refractivity contribution is -0.137. The Bertz CT molecular complexity index is 449. The van der Waals surface area contributed by atoms with E-state index < -0.39 is 17.2 Å². The zero-order valence-electron chi connectivity index (χ0n) is 10.8. The highest BCUT2D eigenvalue weighted by molar-refractivity contribution is 5.30. The largest absolute Gasteiger partial charge is 0.385 e. The predicted molar refractivity (Wildman–Crippen MR) is 64.2 cm³/mol. The Morgan fingerprint density at radius 3 is 2.28 bits per heavy atom. The molecule has 2 unspecified atom stereocenters. The molecule has 1 saturated heterocycles. The van der Waals surface area contributed by atoms with Crippen LogP contribution in [0.1, 0.15) is 37.8 Å². The van der Waals surface area contributed by atoms with Gasteiger partial charge in [0, 0.05) is 18.4 Å². The zero-order valence-corrected chi connectivity index (χ0v) is 10.8. The summed E-state index contributed by atoms with van der Waals surface area (Å²) in [6, 6.07) is 2.97. The van der Waals surface area contributed by atoms with Crippen LogP contribution in [-0.2, 0) is 10.3 Å². The summed E-state index contributed by atoms with van der Waals surface area (Å²) in [6.45, 7) is 5.15. The molecule has 2 atom stereocenters. The minimum atomic E-state index is -1.35. The third-order valence-corrected chi connectivity index (χ3v) is 3.49. The molecular formula is C14H18F2O2. The van der Waals surface area contributed by atoms with Gasteiger partial charge in [-0.05, 0) is 26.3 Å². The molecule has 1 aliphatic heterocycles. The first kappa shape index (κ1) is 13.4. The normalized spacial score (nSPS) is 32.6. The van der Waals surface area contributed by atoms with Crippen molar-refractivity contribution in [2.75, 3.05) is 0 Å². The lowest BCUT2D eigenvalue weighted by Gasteiger charge is -2.39. The quantitative estimate of drug-likeness (QED) is 0.836. The molecule has 0 saturated carbocycles. The summed E-state index contributed by atoms with van der Waals surface area (Å²) >= 11 is 0. The summed E-state index contributed by atoms with van der Waals surface area (Å²) < 4.78 is 33.1. The molecule has 1 heterocycles. The molecule has 1 N–H and O–H groups in total. The molecule has 0 spiro atoms. The average molecular weight is 256 g/mol. The lowest BCUT2D eigenvalue weighted by atomic mass is 9.81. The van der Waals surface area contributed by atoms with Crippen LogP contribution in [0.4, 0.5) is 8.78 Å². The fourth-order valence-corrected chi connectivity index (χ4v) is 2.75. The van der Waals surface area contributed by atoms with Crippen molar-refractivity contribution in [1.29, 1.82) is 0 Å². The molecule has 0 amide bonds. The van der Waals surface area contributed by atoms with Gasteiger partial charge in [0.1, 0.15) is 0 Å². The maximum atomic E-state index is 14.0. The van der Waals surface area contributed by atoms with Crippen LogP contribution in [0.3, 0.4) is 0 Å². The number of benzene rings is 1. The Hall–Kier alpha value is -1.00. The number of hydrogen-bond donors (Lipinski definition) is 1. The Kier molecular flexibility index (Phi) is 3.43. The van der Waals surface area contributed by atoms with E-state index in [1.807, 2.05) is 13.8 Å². The van der Waals surface area contributed by atoms with E-state index in [2.05, 4.69) is 0 Å². The second kappa shape index (κ2) is 4.59. The van der Waals surface area contributed by atoms with Crippen LogP contribution >= 0.6 is 0 Å². The number of ether oxygens (including phenoxy) is 1. The Balaban J connectivity index is 2.44. The van der Waals surface area contributed by atoms with Crippen LogP contribution in [0, 0.1) is 18.6 Å². The minimum Gasteiger partial charge on any atom is -0.385 e. The first-order valence-electron chi connectivity index (χ1n) is 6.16. The van der Waals surface area contributed by atoms with Crippen LogP contribution < -0.4 is 0 Å². The van der Waals surface area contributed by atoms with Crippen molar-refractivity contribution < 1.29 is 18.6 Å². The number of halogens is 2. The van der Waals surface area contributed by atoms with Gasteiger partial charge in [-0.25, -0.2) is 8.78 Å². The van der Waals surface area contributed by atoms with E-state index >= 15 is 0 Å². The topological polar surface area (TPSA) is 29.5 Å². The highest BCUT2D eigenvalue weighted by atomic mass is 19.2. The Labute approximate surface area is 106 Å². The third-order valence-electron chi connectivity index (χ3n) is 3.49. The SMILES string of the molecule is Cc1ccc(C2(O)CC(C)OC(C)C2)c(F)c1F. The Morgan fingerprint density at radius 1 is 1.17 bits per heavy atom. The summed E-state index contributed by atoms with van der Waals surface area (Å²) in [7, 11) is 0. The van der Waals surface area contributed by atoms with Gasteiger partial charge in [0.2, 0.25) is 0 Å². The fourth-order valence-electron chi connectivity index (χ4n) is 2.75. The predicted octanol–water partition coefficient (Wildman–Crippen LogP) is 3.05. The molecular weight excluding hydrogens is 238 g/mol. The first-order chi connectivity index (χ1) is 8.33. The molecule has 0 radical (unpaired) electrons. The summed E-state index contributed by atoms with van der Waals surface area (Å²) in [5.41, 5.74) is -1.07. The van der Waals surface area contributed by atoms with E-state index in [0.717, 1.165) is 0 Å². The highest BCUT2D eigenvalue weighted by Gasteiger charge is 2.40. The number of aryl methyl sites for hydroxylation is 1. The van der Waals surface area contributed by atoms with Crippen molar-refractivity contribution >= 4 is 0 Å². The van der Waals surface area contributed by atoms with Crippen LogP contribution in [0.15, 0.2) is 12.1 Å². The van der Waals surface area contributed by atoms with Gasteiger partial charge in [0.25, 0.3) is 0 Å². The highest BCUT2D eigenvalue weighted by Crippen LogP contribution is 2.39. The summed E-state index contributed by atoms with van der Waals surface area (Å²) in [5, 5.41) is 10.6. The summed E-state index contributed by atoms with van der Waals surface area (Å²) in [6.07, 6.45) is 0.193. The monoisotopic (exact) mass is 256 g/mol. The van der Waals surface area contributed by atoms with Crippen molar-refractivity contribution in [3.63, 3.8) is 0 Å². The van der Waals surface area contributed by atoms with Crippen LogP contribution in [0.25, 0.3) is 0 Å². The second-order valence-electron chi connectivity index (χ2n) is 5.26. The Morgan fingerprint density at radius 2 is 1.72 bits per heavy atom. The molecule has 4 heteroatoms. The number of aliphatic hydroxyl groups is 1.